The van der Waals surface area contributed by atoms with Gasteiger partial charge in [-0.3, -0.25) is 0 Å². The van der Waals surface area contributed by atoms with E-state index >= 15 is 0 Å². The molecule has 2 amide bonds. The standard InChI is InChI=1S/C25H28ClN3OS/c1-15(2)23-21-8-6-12-28(21)24-19(18-7-4-5-9-22(18)31-24)14-29(23)25(30)27-17-11-10-16(3)20(26)13-17/h6,8,10-13,15,23H,4-5,7,9,14H2,1-3H3,(H,27,30)/t23-/m1/s1. The summed E-state index contributed by atoms with van der Waals surface area (Å²) in [7, 11) is 0. The number of carbonyl (C=O) groups is 1. The van der Waals surface area contributed by atoms with Crippen molar-refractivity contribution in [2.24, 2.45) is 5.92 Å². The fourth-order valence-electron chi connectivity index (χ4n) is 4.99. The SMILES string of the molecule is Cc1ccc(NC(=O)N2Cc3c(sc4c3CCCC4)-n3cccc3[C@H]2C(C)C)cc1Cl. The van der Waals surface area contributed by atoms with Gasteiger partial charge in [-0.25, -0.2) is 4.79 Å². The fourth-order valence-corrected chi connectivity index (χ4v) is 6.57. The quantitative estimate of drug-likeness (QED) is 0.440. The largest absolute Gasteiger partial charge is 0.322 e. The first kappa shape index (κ1) is 20.7. The van der Waals surface area contributed by atoms with Crippen LogP contribution in [0.4, 0.5) is 10.5 Å². The first-order valence-electron chi connectivity index (χ1n) is 11.1. The van der Waals surface area contributed by atoms with Gasteiger partial charge in [0.2, 0.25) is 0 Å². The van der Waals surface area contributed by atoms with Crippen LogP contribution in [0.2, 0.25) is 5.02 Å². The van der Waals surface area contributed by atoms with Crippen LogP contribution in [0.5, 0.6) is 0 Å². The lowest BCUT2D eigenvalue weighted by molar-refractivity contribution is 0.161. The zero-order chi connectivity index (χ0) is 21.7. The number of anilines is 1. The van der Waals surface area contributed by atoms with E-state index in [1.807, 2.05) is 41.4 Å². The predicted molar refractivity (Wildman–Crippen MR) is 129 cm³/mol. The molecule has 1 atom stereocenters. The predicted octanol–water partition coefficient (Wildman–Crippen LogP) is 7.12. The van der Waals surface area contributed by atoms with E-state index in [2.05, 4.69) is 42.1 Å². The van der Waals surface area contributed by atoms with Gasteiger partial charge in [0, 0.05) is 33.0 Å². The number of carbonyl (C=O) groups excluding carboxylic acids is 1. The van der Waals surface area contributed by atoms with Gasteiger partial charge in [0.25, 0.3) is 0 Å². The van der Waals surface area contributed by atoms with Gasteiger partial charge in [-0.05, 0) is 73.9 Å². The van der Waals surface area contributed by atoms with Crippen LogP contribution >= 0.6 is 22.9 Å². The first-order valence-corrected chi connectivity index (χ1v) is 12.3. The van der Waals surface area contributed by atoms with Crippen molar-refractivity contribution in [1.29, 1.82) is 0 Å². The number of nitrogens with one attached hydrogen (secondary N) is 1. The van der Waals surface area contributed by atoms with Gasteiger partial charge in [0.1, 0.15) is 5.00 Å². The highest BCUT2D eigenvalue weighted by Crippen LogP contribution is 2.44. The molecule has 1 aliphatic heterocycles. The fraction of sp³-hybridized carbons (Fsp3) is 0.400. The second-order valence-corrected chi connectivity index (χ2v) is 10.5. The lowest BCUT2D eigenvalue weighted by atomic mass is 9.94. The van der Waals surface area contributed by atoms with E-state index in [4.69, 9.17) is 11.6 Å². The number of aromatic nitrogens is 1. The number of fused-ring (bicyclic) bond motifs is 5. The molecule has 31 heavy (non-hydrogen) atoms. The molecule has 1 aromatic carbocycles. The summed E-state index contributed by atoms with van der Waals surface area (Å²) in [5, 5.41) is 5.08. The Hall–Kier alpha value is -2.24. The highest BCUT2D eigenvalue weighted by molar-refractivity contribution is 7.15. The summed E-state index contributed by atoms with van der Waals surface area (Å²) in [4.78, 5) is 17.2. The number of thiophene rings is 1. The van der Waals surface area contributed by atoms with Crippen molar-refractivity contribution >= 4 is 34.7 Å². The third-order valence-electron chi connectivity index (χ3n) is 6.54. The lowest BCUT2D eigenvalue weighted by Gasteiger charge is -2.33. The maximum Gasteiger partial charge on any atom is 0.322 e. The maximum absolute atomic E-state index is 13.6. The topological polar surface area (TPSA) is 37.3 Å². The average molecular weight is 454 g/mol. The molecule has 1 aliphatic carbocycles. The Kier molecular flexibility index (Phi) is 5.35. The van der Waals surface area contributed by atoms with Crippen LogP contribution in [0.1, 0.15) is 60.0 Å². The number of rotatable bonds is 2. The number of nitrogens with zero attached hydrogens (tertiary/aromatic N) is 2. The molecule has 162 valence electrons. The van der Waals surface area contributed by atoms with Crippen LogP contribution < -0.4 is 5.32 Å². The van der Waals surface area contributed by atoms with E-state index in [-0.39, 0.29) is 18.0 Å². The van der Waals surface area contributed by atoms with Crippen LogP contribution in [0.25, 0.3) is 5.00 Å². The molecule has 4 nitrogen and oxygen atoms in total. The molecule has 2 aliphatic rings. The van der Waals surface area contributed by atoms with E-state index in [1.165, 1.54) is 39.5 Å². The summed E-state index contributed by atoms with van der Waals surface area (Å²) in [6.07, 6.45) is 6.93. The summed E-state index contributed by atoms with van der Waals surface area (Å²) in [6.45, 7) is 6.99. The Labute approximate surface area is 192 Å². The highest BCUT2D eigenvalue weighted by Gasteiger charge is 2.36. The lowest BCUT2D eigenvalue weighted by Crippen LogP contribution is -2.39. The molecule has 0 unspecified atom stereocenters. The molecule has 3 aromatic rings. The maximum atomic E-state index is 13.6. The minimum atomic E-state index is -0.0741. The number of benzene rings is 1. The number of urea groups is 1. The van der Waals surface area contributed by atoms with Crippen molar-refractivity contribution in [3.8, 4) is 5.00 Å². The second-order valence-electron chi connectivity index (χ2n) is 9.01. The molecule has 5 rings (SSSR count). The monoisotopic (exact) mass is 453 g/mol. The van der Waals surface area contributed by atoms with Gasteiger partial charge in [0.15, 0.2) is 0 Å². The number of hydrogen-bond acceptors (Lipinski definition) is 2. The van der Waals surface area contributed by atoms with Crippen LogP contribution in [0.15, 0.2) is 36.5 Å². The number of hydrogen-bond donors (Lipinski definition) is 1. The third kappa shape index (κ3) is 3.58. The van der Waals surface area contributed by atoms with Crippen molar-refractivity contribution in [3.63, 3.8) is 0 Å². The van der Waals surface area contributed by atoms with Crippen molar-refractivity contribution < 1.29 is 4.79 Å². The number of amides is 2. The van der Waals surface area contributed by atoms with Crippen LogP contribution in [-0.4, -0.2) is 15.5 Å². The van der Waals surface area contributed by atoms with Crippen LogP contribution in [-0.2, 0) is 19.4 Å². The molecule has 0 radical (unpaired) electrons. The summed E-state index contributed by atoms with van der Waals surface area (Å²) >= 11 is 8.23. The molecule has 1 N–H and O–H groups in total. The molecular weight excluding hydrogens is 426 g/mol. The Morgan fingerprint density at radius 1 is 1.19 bits per heavy atom. The van der Waals surface area contributed by atoms with Gasteiger partial charge >= 0.3 is 6.03 Å². The normalized spacial score (nSPS) is 17.7. The highest BCUT2D eigenvalue weighted by atomic mass is 35.5. The zero-order valence-electron chi connectivity index (χ0n) is 18.2. The molecule has 0 saturated carbocycles. The Bertz CT molecular complexity index is 1150. The van der Waals surface area contributed by atoms with E-state index in [1.54, 1.807) is 0 Å². The van der Waals surface area contributed by atoms with E-state index in [9.17, 15) is 4.79 Å². The molecule has 3 heterocycles. The first-order chi connectivity index (χ1) is 14.9. The van der Waals surface area contributed by atoms with Crippen molar-refractivity contribution in [1.82, 2.24) is 9.47 Å². The summed E-state index contributed by atoms with van der Waals surface area (Å²) in [6, 6.07) is 9.89. The molecule has 0 spiro atoms. The van der Waals surface area contributed by atoms with Crippen molar-refractivity contribution in [2.75, 3.05) is 5.32 Å². The van der Waals surface area contributed by atoms with Crippen molar-refractivity contribution in [2.45, 2.75) is 59.0 Å². The summed E-state index contributed by atoms with van der Waals surface area (Å²) in [5.41, 5.74) is 5.73. The molecule has 0 bridgehead atoms. The summed E-state index contributed by atoms with van der Waals surface area (Å²) in [5.74, 6) is 0.283. The molecular formula is C25H28ClN3OS. The smallest absolute Gasteiger partial charge is 0.311 e. The second kappa shape index (κ2) is 8.03. The molecule has 6 heteroatoms. The van der Waals surface area contributed by atoms with E-state index in [0.29, 0.717) is 11.6 Å². The molecule has 2 aromatic heterocycles. The minimum absolute atomic E-state index is 0.00485. The van der Waals surface area contributed by atoms with Gasteiger partial charge in [0.05, 0.1) is 12.6 Å². The number of aryl methyl sites for hydroxylation is 2. The Balaban J connectivity index is 1.58. The van der Waals surface area contributed by atoms with Crippen molar-refractivity contribution in [3.05, 3.63) is 68.8 Å². The zero-order valence-corrected chi connectivity index (χ0v) is 19.8. The Morgan fingerprint density at radius 2 is 2.00 bits per heavy atom. The van der Waals surface area contributed by atoms with Crippen LogP contribution in [0.3, 0.4) is 0 Å². The van der Waals surface area contributed by atoms with Gasteiger partial charge in [-0.2, -0.15) is 0 Å². The van der Waals surface area contributed by atoms with Crippen LogP contribution in [0, 0.1) is 12.8 Å². The van der Waals surface area contributed by atoms with Gasteiger partial charge < -0.3 is 14.8 Å². The third-order valence-corrected chi connectivity index (χ3v) is 8.28. The van der Waals surface area contributed by atoms with Gasteiger partial charge in [-0.15, -0.1) is 11.3 Å². The average Bonchev–Trinajstić information content (AvgIpc) is 3.32. The minimum Gasteiger partial charge on any atom is -0.311 e. The molecule has 0 saturated heterocycles. The van der Waals surface area contributed by atoms with Gasteiger partial charge in [-0.1, -0.05) is 31.5 Å². The van der Waals surface area contributed by atoms with E-state index < -0.39 is 0 Å². The van der Waals surface area contributed by atoms with E-state index in [0.717, 1.165) is 24.1 Å². The number of halogens is 1. The molecule has 0 fully saturated rings. The Morgan fingerprint density at radius 3 is 2.77 bits per heavy atom. The summed E-state index contributed by atoms with van der Waals surface area (Å²) < 4.78 is 2.33.